The van der Waals surface area contributed by atoms with E-state index in [1.54, 1.807) is 0 Å². The van der Waals surface area contributed by atoms with Crippen molar-refractivity contribution in [3.63, 3.8) is 0 Å². The first-order valence-corrected chi connectivity index (χ1v) is 12.6. The third-order valence-corrected chi connectivity index (χ3v) is 7.66. The number of amides is 2. The molecule has 2 N–H and O–H groups in total. The minimum atomic E-state index is 0.0355. The van der Waals surface area contributed by atoms with Gasteiger partial charge in [0.1, 0.15) is 0 Å². The number of nitrogens with zero attached hydrogens (tertiary/aromatic N) is 2. The lowest BCUT2D eigenvalue weighted by atomic mass is 10.0. The Bertz CT molecular complexity index is 833. The molecule has 0 bridgehead atoms. The van der Waals surface area contributed by atoms with Gasteiger partial charge in [-0.15, -0.1) is 0 Å². The molecule has 0 spiro atoms. The van der Waals surface area contributed by atoms with E-state index >= 15 is 0 Å². The third-order valence-electron chi connectivity index (χ3n) is 7.44. The molecular weight excluding hydrogens is 424 g/mol. The Hall–Kier alpha value is -1.63. The molecule has 32 heavy (non-hydrogen) atoms. The minimum absolute atomic E-state index is 0.0355. The zero-order valence-electron chi connectivity index (χ0n) is 19.5. The summed E-state index contributed by atoms with van der Waals surface area (Å²) in [7, 11) is 0. The van der Waals surface area contributed by atoms with Crippen LogP contribution < -0.4 is 10.6 Å². The van der Waals surface area contributed by atoms with Crippen LogP contribution in [0.5, 0.6) is 0 Å². The molecule has 2 amide bonds. The molecule has 6 nitrogen and oxygen atoms in total. The van der Waals surface area contributed by atoms with Crippen LogP contribution in [0.3, 0.4) is 0 Å². The van der Waals surface area contributed by atoms with E-state index < -0.39 is 0 Å². The molecule has 1 aromatic rings. The normalized spacial score (nSPS) is 24.8. The van der Waals surface area contributed by atoms with Gasteiger partial charge in [-0.05, 0) is 69.3 Å². The SMILES string of the molecule is Cc1c(CN2CCN(C(=O)C3CCCC3)[C@@H](C)C2)cc(Cl)cc1NC(=O)CC1CCCN1. The Labute approximate surface area is 197 Å². The second-order valence-electron chi connectivity index (χ2n) is 9.88. The van der Waals surface area contributed by atoms with E-state index in [0.29, 0.717) is 17.4 Å². The quantitative estimate of drug-likeness (QED) is 0.674. The van der Waals surface area contributed by atoms with Crippen molar-refractivity contribution in [2.45, 2.75) is 77.4 Å². The van der Waals surface area contributed by atoms with Crippen LogP contribution in [0.15, 0.2) is 12.1 Å². The number of halogens is 1. The molecular formula is C25H37ClN4O2. The monoisotopic (exact) mass is 460 g/mol. The highest BCUT2D eigenvalue weighted by Gasteiger charge is 2.33. The van der Waals surface area contributed by atoms with Crippen molar-refractivity contribution in [3.05, 3.63) is 28.3 Å². The van der Waals surface area contributed by atoms with Crippen molar-refractivity contribution >= 4 is 29.1 Å². The van der Waals surface area contributed by atoms with Gasteiger partial charge in [0.15, 0.2) is 0 Å². The number of carbonyl (C=O) groups excluding carboxylic acids is 2. The molecule has 2 heterocycles. The largest absolute Gasteiger partial charge is 0.337 e. The number of piperazine rings is 1. The fourth-order valence-electron chi connectivity index (χ4n) is 5.54. The Morgan fingerprint density at radius 1 is 1.16 bits per heavy atom. The molecule has 2 saturated heterocycles. The lowest BCUT2D eigenvalue weighted by Gasteiger charge is -2.41. The van der Waals surface area contributed by atoms with E-state index in [1.165, 1.54) is 12.8 Å². The zero-order valence-corrected chi connectivity index (χ0v) is 20.2. The topological polar surface area (TPSA) is 64.7 Å². The number of benzene rings is 1. The molecule has 3 aliphatic rings. The predicted molar refractivity (Wildman–Crippen MR) is 129 cm³/mol. The van der Waals surface area contributed by atoms with Crippen molar-refractivity contribution < 1.29 is 9.59 Å². The van der Waals surface area contributed by atoms with Gasteiger partial charge in [0.25, 0.3) is 0 Å². The highest BCUT2D eigenvalue weighted by atomic mass is 35.5. The van der Waals surface area contributed by atoms with Crippen LogP contribution in [0.4, 0.5) is 5.69 Å². The van der Waals surface area contributed by atoms with Gasteiger partial charge in [0, 0.05) is 61.3 Å². The summed E-state index contributed by atoms with van der Waals surface area (Å²) in [5.74, 6) is 0.633. The Balaban J connectivity index is 1.36. The predicted octanol–water partition coefficient (Wildman–Crippen LogP) is 3.95. The standard InChI is InChI=1S/C25H37ClN4O2/c1-17-15-29(10-11-30(17)25(32)19-6-3-4-7-19)16-20-12-21(26)13-23(18(20)2)28-24(31)14-22-8-5-9-27-22/h12-13,17,19,22,27H,3-11,14-16H2,1-2H3,(H,28,31)/t17-,22?/m0/s1. The molecule has 7 heteroatoms. The molecule has 2 aliphatic heterocycles. The second kappa shape index (κ2) is 10.5. The number of anilines is 1. The lowest BCUT2D eigenvalue weighted by Crippen LogP contribution is -2.54. The average Bonchev–Trinajstić information content (AvgIpc) is 3.45. The van der Waals surface area contributed by atoms with Crippen LogP contribution in [0.1, 0.15) is 63.0 Å². The molecule has 1 saturated carbocycles. The fraction of sp³-hybridized carbons (Fsp3) is 0.680. The van der Waals surface area contributed by atoms with E-state index in [9.17, 15) is 9.59 Å². The van der Waals surface area contributed by atoms with Gasteiger partial charge in [-0.2, -0.15) is 0 Å². The smallest absolute Gasteiger partial charge is 0.226 e. The molecule has 1 aliphatic carbocycles. The van der Waals surface area contributed by atoms with E-state index in [0.717, 1.165) is 75.2 Å². The van der Waals surface area contributed by atoms with Gasteiger partial charge >= 0.3 is 0 Å². The average molecular weight is 461 g/mol. The van der Waals surface area contributed by atoms with Crippen molar-refractivity contribution in [3.8, 4) is 0 Å². The molecule has 1 aromatic carbocycles. The van der Waals surface area contributed by atoms with Gasteiger partial charge in [0.2, 0.25) is 11.8 Å². The summed E-state index contributed by atoms with van der Waals surface area (Å²) >= 11 is 6.42. The summed E-state index contributed by atoms with van der Waals surface area (Å²) < 4.78 is 0. The first-order valence-electron chi connectivity index (χ1n) is 12.3. The van der Waals surface area contributed by atoms with E-state index in [2.05, 4.69) is 34.3 Å². The maximum Gasteiger partial charge on any atom is 0.226 e. The van der Waals surface area contributed by atoms with Crippen LogP contribution in [0.2, 0.25) is 5.02 Å². The van der Waals surface area contributed by atoms with Crippen molar-refractivity contribution in [2.24, 2.45) is 5.92 Å². The van der Waals surface area contributed by atoms with Crippen LogP contribution in [-0.2, 0) is 16.1 Å². The minimum Gasteiger partial charge on any atom is -0.337 e. The highest BCUT2D eigenvalue weighted by Crippen LogP contribution is 2.30. The summed E-state index contributed by atoms with van der Waals surface area (Å²) in [6, 6.07) is 4.35. The Morgan fingerprint density at radius 3 is 2.62 bits per heavy atom. The van der Waals surface area contributed by atoms with Crippen LogP contribution >= 0.6 is 11.6 Å². The molecule has 176 valence electrons. The van der Waals surface area contributed by atoms with Crippen molar-refractivity contribution in [2.75, 3.05) is 31.5 Å². The van der Waals surface area contributed by atoms with Crippen molar-refractivity contribution in [1.29, 1.82) is 0 Å². The summed E-state index contributed by atoms with van der Waals surface area (Å²) in [6.07, 6.45) is 7.17. The first-order chi connectivity index (χ1) is 15.4. The third kappa shape index (κ3) is 5.64. The number of carbonyl (C=O) groups is 2. The van der Waals surface area contributed by atoms with Gasteiger partial charge < -0.3 is 15.5 Å². The summed E-state index contributed by atoms with van der Waals surface area (Å²) in [5, 5.41) is 7.10. The Morgan fingerprint density at radius 2 is 1.94 bits per heavy atom. The lowest BCUT2D eigenvalue weighted by molar-refractivity contribution is -0.140. The van der Waals surface area contributed by atoms with E-state index in [-0.39, 0.29) is 23.9 Å². The zero-order chi connectivity index (χ0) is 22.7. The van der Waals surface area contributed by atoms with E-state index in [4.69, 9.17) is 11.6 Å². The van der Waals surface area contributed by atoms with Gasteiger partial charge in [-0.3, -0.25) is 14.5 Å². The molecule has 4 rings (SSSR count). The number of nitrogens with one attached hydrogen (secondary N) is 2. The highest BCUT2D eigenvalue weighted by molar-refractivity contribution is 6.31. The van der Waals surface area contributed by atoms with Crippen LogP contribution in [0, 0.1) is 12.8 Å². The number of rotatable bonds is 6. The molecule has 1 unspecified atom stereocenters. The molecule has 0 aromatic heterocycles. The number of hydrogen-bond acceptors (Lipinski definition) is 4. The summed E-state index contributed by atoms with van der Waals surface area (Å²) in [4.78, 5) is 29.9. The van der Waals surface area contributed by atoms with E-state index in [1.807, 2.05) is 12.1 Å². The molecule has 0 radical (unpaired) electrons. The maximum absolute atomic E-state index is 12.9. The van der Waals surface area contributed by atoms with Gasteiger partial charge in [-0.1, -0.05) is 24.4 Å². The first kappa shape index (κ1) is 23.5. The summed E-state index contributed by atoms with van der Waals surface area (Å²) in [6.45, 7) is 8.49. The molecule has 3 fully saturated rings. The Kier molecular flexibility index (Phi) is 7.74. The van der Waals surface area contributed by atoms with Crippen LogP contribution in [0.25, 0.3) is 0 Å². The van der Waals surface area contributed by atoms with Crippen molar-refractivity contribution in [1.82, 2.24) is 15.1 Å². The van der Waals surface area contributed by atoms with Gasteiger partial charge in [-0.25, -0.2) is 0 Å². The molecule has 2 atom stereocenters. The van der Waals surface area contributed by atoms with Crippen LogP contribution in [-0.4, -0.2) is 59.9 Å². The summed E-state index contributed by atoms with van der Waals surface area (Å²) in [5.41, 5.74) is 3.01. The van der Waals surface area contributed by atoms with Gasteiger partial charge in [0.05, 0.1) is 0 Å². The maximum atomic E-state index is 12.9. The second-order valence-corrected chi connectivity index (χ2v) is 10.3. The fourth-order valence-corrected chi connectivity index (χ4v) is 5.78. The number of hydrogen-bond donors (Lipinski definition) is 2.